The maximum atomic E-state index is 14.0. The second kappa shape index (κ2) is 8.91. The van der Waals surface area contributed by atoms with Gasteiger partial charge in [0.15, 0.2) is 0 Å². The molecule has 8 atom stereocenters. The zero-order chi connectivity index (χ0) is 26.0. The number of Topliss-reactive ketones (excluding diaryl/α,β-unsaturated/α-hetero) is 3. The zero-order valence-corrected chi connectivity index (χ0v) is 23.4. The van der Waals surface area contributed by atoms with Crippen LogP contribution in [0, 0.1) is 46.3 Å². The van der Waals surface area contributed by atoms with E-state index in [9.17, 15) is 14.4 Å². The summed E-state index contributed by atoms with van der Waals surface area (Å²) in [5.41, 5.74) is 2.49. The van der Waals surface area contributed by atoms with Crippen LogP contribution in [0.4, 0.5) is 0 Å². The van der Waals surface area contributed by atoms with Gasteiger partial charge in [-0.3, -0.25) is 14.4 Å². The molecule has 3 heteroatoms. The Morgan fingerprint density at radius 3 is 2.31 bits per heavy atom. The number of hydrogen-bond donors (Lipinski definition) is 0. The van der Waals surface area contributed by atoms with Gasteiger partial charge in [0, 0.05) is 37.0 Å². The highest BCUT2D eigenvalue weighted by molar-refractivity contribution is 5.93. The van der Waals surface area contributed by atoms with Crippen LogP contribution in [0.2, 0.25) is 0 Å². The lowest BCUT2D eigenvalue weighted by Crippen LogP contribution is -2.60. The minimum Gasteiger partial charge on any atom is -0.300 e. The van der Waals surface area contributed by atoms with Crippen molar-refractivity contribution in [3.05, 3.63) is 35.4 Å². The van der Waals surface area contributed by atoms with Crippen LogP contribution in [-0.2, 0) is 26.2 Å². The molecule has 5 rings (SSSR count). The van der Waals surface area contributed by atoms with E-state index < -0.39 is 0 Å². The first-order valence-corrected chi connectivity index (χ1v) is 14.5. The molecule has 4 saturated carbocycles. The Bertz CT molecular complexity index is 1050. The lowest BCUT2D eigenvalue weighted by molar-refractivity contribution is -0.166. The Balaban J connectivity index is 1.32. The normalized spacial score (nSPS) is 39.4. The van der Waals surface area contributed by atoms with Gasteiger partial charge in [-0.2, -0.15) is 0 Å². The van der Waals surface area contributed by atoms with E-state index in [1.165, 1.54) is 11.1 Å². The average Bonchev–Trinajstić information content (AvgIpc) is 3.17. The van der Waals surface area contributed by atoms with E-state index in [4.69, 9.17) is 0 Å². The minimum atomic E-state index is -0.375. The molecule has 196 valence electrons. The number of carbonyl (C=O) groups is 3. The molecule has 0 amide bonds. The van der Waals surface area contributed by atoms with E-state index in [-0.39, 0.29) is 39.9 Å². The number of aryl methyl sites for hydroxylation is 1. The van der Waals surface area contributed by atoms with Crippen molar-refractivity contribution in [2.24, 2.45) is 46.3 Å². The smallest absolute Gasteiger partial charge is 0.139 e. The summed E-state index contributed by atoms with van der Waals surface area (Å²) >= 11 is 0. The van der Waals surface area contributed by atoms with Gasteiger partial charge < -0.3 is 0 Å². The van der Waals surface area contributed by atoms with Gasteiger partial charge in [0.05, 0.1) is 0 Å². The molecule has 1 aromatic carbocycles. The largest absolute Gasteiger partial charge is 0.300 e. The molecule has 0 heterocycles. The SMILES string of the molecule is C[C@H](CCc1ccc(C(C)(C)C)cc1)[C@H]1CC[C@H]2[C@@H]3C(=O)C[C@@H]4CC(=O)CC[C@]4(C)[C@H]3CC(=O)[C@]12C. The van der Waals surface area contributed by atoms with Gasteiger partial charge in [0.25, 0.3) is 0 Å². The second-order valence-electron chi connectivity index (χ2n) is 14.4. The quantitative estimate of drug-likeness (QED) is 0.451. The molecule has 4 aliphatic carbocycles. The summed E-state index contributed by atoms with van der Waals surface area (Å²) in [5, 5.41) is 0. The molecule has 0 spiro atoms. The maximum absolute atomic E-state index is 14.0. The monoisotopic (exact) mass is 490 g/mol. The predicted molar refractivity (Wildman–Crippen MR) is 144 cm³/mol. The average molecular weight is 491 g/mol. The standard InChI is InChI=1S/C33H46O3/c1-20(7-8-21-9-11-22(12-10-21)31(2,3)4)25-13-14-26-30-27(19-29(36)33(25,26)6)32(5)16-15-24(34)17-23(32)18-28(30)35/h9-12,20,23,25-27,30H,7-8,13-19H2,1-6H3/t20-,23+,25-,26+,27+,30+,32+,33-/m1/s1. The van der Waals surface area contributed by atoms with Crippen LogP contribution in [0.5, 0.6) is 0 Å². The van der Waals surface area contributed by atoms with Crippen molar-refractivity contribution in [1.82, 2.24) is 0 Å². The molecule has 0 bridgehead atoms. The van der Waals surface area contributed by atoms with Crippen molar-refractivity contribution in [3.63, 3.8) is 0 Å². The van der Waals surface area contributed by atoms with Crippen LogP contribution in [0.15, 0.2) is 24.3 Å². The summed E-state index contributed by atoms with van der Waals surface area (Å²) in [5.74, 6) is 2.36. The fraction of sp³-hybridized carbons (Fsp3) is 0.727. The summed E-state index contributed by atoms with van der Waals surface area (Å²) in [4.78, 5) is 39.8. The van der Waals surface area contributed by atoms with Crippen LogP contribution in [0.25, 0.3) is 0 Å². The third-order valence-electron chi connectivity index (χ3n) is 11.6. The lowest BCUT2D eigenvalue weighted by atomic mass is 9.44. The number of ketones is 3. The van der Waals surface area contributed by atoms with E-state index in [1.54, 1.807) is 0 Å². The molecular formula is C33H46O3. The molecule has 36 heavy (non-hydrogen) atoms. The molecule has 3 nitrogen and oxygen atoms in total. The second-order valence-corrected chi connectivity index (χ2v) is 14.4. The van der Waals surface area contributed by atoms with E-state index in [0.29, 0.717) is 54.9 Å². The first-order chi connectivity index (χ1) is 16.9. The van der Waals surface area contributed by atoms with Crippen molar-refractivity contribution in [3.8, 4) is 0 Å². The van der Waals surface area contributed by atoms with E-state index >= 15 is 0 Å². The van der Waals surface area contributed by atoms with Gasteiger partial charge in [-0.15, -0.1) is 0 Å². The summed E-state index contributed by atoms with van der Waals surface area (Å²) in [6.45, 7) is 13.6. The van der Waals surface area contributed by atoms with Crippen LogP contribution < -0.4 is 0 Å². The van der Waals surface area contributed by atoms with Crippen molar-refractivity contribution in [2.75, 3.05) is 0 Å². The highest BCUT2D eigenvalue weighted by Crippen LogP contribution is 2.66. The number of carbonyl (C=O) groups excluding carboxylic acids is 3. The Morgan fingerprint density at radius 1 is 0.944 bits per heavy atom. The third-order valence-corrected chi connectivity index (χ3v) is 11.6. The van der Waals surface area contributed by atoms with Crippen molar-refractivity contribution in [2.45, 2.75) is 105 Å². The molecular weight excluding hydrogens is 444 g/mol. The highest BCUT2D eigenvalue weighted by atomic mass is 16.1. The van der Waals surface area contributed by atoms with Crippen LogP contribution in [0.3, 0.4) is 0 Å². The first kappa shape index (κ1) is 25.9. The van der Waals surface area contributed by atoms with Crippen molar-refractivity contribution < 1.29 is 14.4 Å². The molecule has 0 N–H and O–H groups in total. The van der Waals surface area contributed by atoms with Crippen LogP contribution in [-0.4, -0.2) is 17.3 Å². The third kappa shape index (κ3) is 4.04. The molecule has 0 radical (unpaired) electrons. The van der Waals surface area contributed by atoms with Crippen molar-refractivity contribution in [1.29, 1.82) is 0 Å². The molecule has 0 aliphatic heterocycles. The number of fused-ring (bicyclic) bond motifs is 5. The number of hydrogen-bond acceptors (Lipinski definition) is 3. The Hall–Kier alpha value is -1.77. The van der Waals surface area contributed by atoms with E-state index in [2.05, 4.69) is 65.8 Å². The molecule has 0 aromatic heterocycles. The van der Waals surface area contributed by atoms with Crippen molar-refractivity contribution >= 4 is 17.3 Å². The Labute approximate surface area is 218 Å². The summed E-state index contributed by atoms with van der Waals surface area (Å²) < 4.78 is 0. The fourth-order valence-electron chi connectivity index (χ4n) is 9.16. The summed E-state index contributed by atoms with van der Waals surface area (Å²) in [6, 6.07) is 9.07. The molecule has 0 saturated heterocycles. The van der Waals surface area contributed by atoms with Gasteiger partial charge in [0.1, 0.15) is 17.3 Å². The van der Waals surface area contributed by atoms with E-state index in [1.807, 2.05) is 0 Å². The predicted octanol–water partition coefficient (Wildman–Crippen LogP) is 7.14. The summed E-state index contributed by atoms with van der Waals surface area (Å²) in [7, 11) is 0. The fourth-order valence-corrected chi connectivity index (χ4v) is 9.16. The highest BCUT2D eigenvalue weighted by Gasteiger charge is 2.66. The van der Waals surface area contributed by atoms with Gasteiger partial charge in [-0.05, 0) is 83.7 Å². The van der Waals surface area contributed by atoms with E-state index in [0.717, 1.165) is 32.1 Å². The molecule has 4 aliphatic rings. The number of benzene rings is 1. The summed E-state index contributed by atoms with van der Waals surface area (Å²) in [6.07, 6.45) is 7.30. The minimum absolute atomic E-state index is 0.0179. The van der Waals surface area contributed by atoms with Gasteiger partial charge in [-0.1, -0.05) is 65.8 Å². The lowest BCUT2D eigenvalue weighted by Gasteiger charge is -2.58. The maximum Gasteiger partial charge on any atom is 0.139 e. The van der Waals surface area contributed by atoms with Crippen LogP contribution in [0.1, 0.15) is 104 Å². The van der Waals surface area contributed by atoms with Gasteiger partial charge >= 0.3 is 0 Å². The van der Waals surface area contributed by atoms with Crippen LogP contribution >= 0.6 is 0 Å². The first-order valence-electron chi connectivity index (χ1n) is 14.5. The Morgan fingerprint density at radius 2 is 1.64 bits per heavy atom. The molecule has 1 aromatic rings. The molecule has 4 fully saturated rings. The molecule has 0 unspecified atom stereocenters. The Kier molecular flexibility index (Phi) is 6.40. The zero-order valence-electron chi connectivity index (χ0n) is 23.4. The van der Waals surface area contributed by atoms with Gasteiger partial charge in [0.2, 0.25) is 0 Å². The van der Waals surface area contributed by atoms with Gasteiger partial charge in [-0.25, -0.2) is 0 Å². The topological polar surface area (TPSA) is 51.2 Å². The number of rotatable bonds is 4.